The summed E-state index contributed by atoms with van der Waals surface area (Å²) < 4.78 is 28.2. The summed E-state index contributed by atoms with van der Waals surface area (Å²) in [7, 11) is 0. The largest absolute Gasteiger partial charge is 0.480 e. The third kappa shape index (κ3) is 4.82. The van der Waals surface area contributed by atoms with Crippen molar-refractivity contribution in [3.05, 3.63) is 29.8 Å². The number of hydrogen-bond acceptors (Lipinski definition) is 3. The van der Waals surface area contributed by atoms with Gasteiger partial charge in [-0.15, -0.1) is 0 Å². The SMILES string of the molecule is CCC(C)NC(C(=O)O)c1ccc(OC(F)F)cc1. The smallest absolute Gasteiger partial charge is 0.387 e. The number of carboxylic acid groups (broad SMARTS) is 1. The Morgan fingerprint density at radius 3 is 2.37 bits per heavy atom. The summed E-state index contributed by atoms with van der Waals surface area (Å²) in [5.74, 6) is -1.01. The summed E-state index contributed by atoms with van der Waals surface area (Å²) in [6.07, 6.45) is 0.788. The lowest BCUT2D eigenvalue weighted by atomic mass is 10.1. The Labute approximate surface area is 110 Å². The van der Waals surface area contributed by atoms with Crippen LogP contribution in [0.2, 0.25) is 0 Å². The molecular formula is C13H17F2NO3. The van der Waals surface area contributed by atoms with E-state index in [2.05, 4.69) is 10.1 Å². The summed E-state index contributed by atoms with van der Waals surface area (Å²) in [5, 5.41) is 12.1. The van der Waals surface area contributed by atoms with Crippen molar-refractivity contribution >= 4 is 5.97 Å². The van der Waals surface area contributed by atoms with E-state index in [1.54, 1.807) is 0 Å². The summed E-state index contributed by atoms with van der Waals surface area (Å²) >= 11 is 0. The molecule has 0 bridgehead atoms. The molecule has 0 heterocycles. The van der Waals surface area contributed by atoms with Crippen LogP contribution in [-0.4, -0.2) is 23.7 Å². The van der Waals surface area contributed by atoms with Crippen molar-refractivity contribution in [1.82, 2.24) is 5.32 Å². The second-order valence-corrected chi connectivity index (χ2v) is 4.19. The number of benzene rings is 1. The van der Waals surface area contributed by atoms with Crippen LogP contribution in [0.4, 0.5) is 8.78 Å². The molecule has 0 radical (unpaired) electrons. The second kappa shape index (κ2) is 7.04. The molecule has 0 aliphatic rings. The molecule has 0 aliphatic carbocycles. The maximum absolute atomic E-state index is 12.0. The van der Waals surface area contributed by atoms with Gasteiger partial charge in [0, 0.05) is 6.04 Å². The lowest BCUT2D eigenvalue weighted by Gasteiger charge is -2.19. The molecular weight excluding hydrogens is 256 g/mol. The number of alkyl halides is 2. The Morgan fingerprint density at radius 1 is 1.37 bits per heavy atom. The van der Waals surface area contributed by atoms with Gasteiger partial charge in [-0.1, -0.05) is 19.1 Å². The molecule has 2 atom stereocenters. The van der Waals surface area contributed by atoms with Gasteiger partial charge in [0.25, 0.3) is 0 Å². The topological polar surface area (TPSA) is 58.6 Å². The van der Waals surface area contributed by atoms with Crippen LogP contribution in [0, 0.1) is 0 Å². The lowest BCUT2D eigenvalue weighted by Crippen LogP contribution is -2.34. The highest BCUT2D eigenvalue weighted by Gasteiger charge is 2.21. The first-order valence-electron chi connectivity index (χ1n) is 5.97. The average molecular weight is 273 g/mol. The van der Waals surface area contributed by atoms with Crippen molar-refractivity contribution in [1.29, 1.82) is 0 Å². The van der Waals surface area contributed by atoms with Gasteiger partial charge in [0.2, 0.25) is 0 Å². The van der Waals surface area contributed by atoms with E-state index >= 15 is 0 Å². The molecule has 0 spiro atoms. The first kappa shape index (κ1) is 15.4. The van der Waals surface area contributed by atoms with E-state index in [4.69, 9.17) is 0 Å². The molecule has 0 saturated heterocycles. The molecule has 19 heavy (non-hydrogen) atoms. The molecule has 0 aliphatic heterocycles. The Morgan fingerprint density at radius 2 is 1.95 bits per heavy atom. The predicted octanol–water partition coefficient (Wildman–Crippen LogP) is 2.80. The minimum Gasteiger partial charge on any atom is -0.480 e. The third-order valence-corrected chi connectivity index (χ3v) is 2.75. The van der Waals surface area contributed by atoms with Crippen molar-refractivity contribution in [2.24, 2.45) is 0 Å². The van der Waals surface area contributed by atoms with E-state index in [-0.39, 0.29) is 11.8 Å². The molecule has 1 rings (SSSR count). The van der Waals surface area contributed by atoms with Crippen LogP contribution in [0.15, 0.2) is 24.3 Å². The highest BCUT2D eigenvalue weighted by Crippen LogP contribution is 2.20. The Balaban J connectivity index is 2.82. The van der Waals surface area contributed by atoms with Crippen LogP contribution in [0.25, 0.3) is 0 Å². The maximum Gasteiger partial charge on any atom is 0.387 e. The normalized spacial score (nSPS) is 14.2. The zero-order valence-electron chi connectivity index (χ0n) is 10.8. The molecule has 4 nitrogen and oxygen atoms in total. The standard InChI is InChI=1S/C13H17F2NO3/c1-3-8(2)16-11(12(17)18)9-4-6-10(7-5-9)19-13(14)15/h4-8,11,13,16H,3H2,1-2H3,(H,17,18). The molecule has 1 aromatic carbocycles. The fraction of sp³-hybridized carbons (Fsp3) is 0.462. The molecule has 2 N–H and O–H groups in total. The van der Waals surface area contributed by atoms with E-state index in [1.807, 2.05) is 13.8 Å². The van der Waals surface area contributed by atoms with Gasteiger partial charge < -0.3 is 9.84 Å². The first-order valence-corrected chi connectivity index (χ1v) is 5.97. The van der Waals surface area contributed by atoms with Gasteiger partial charge in [-0.3, -0.25) is 10.1 Å². The fourth-order valence-electron chi connectivity index (χ4n) is 1.55. The first-order chi connectivity index (χ1) is 8.93. The quantitative estimate of drug-likeness (QED) is 0.802. The molecule has 106 valence electrons. The number of aliphatic carboxylic acids is 1. The molecule has 0 saturated carbocycles. The van der Waals surface area contributed by atoms with E-state index in [0.717, 1.165) is 6.42 Å². The average Bonchev–Trinajstić information content (AvgIpc) is 2.35. The van der Waals surface area contributed by atoms with Gasteiger partial charge in [0.05, 0.1) is 0 Å². The Bertz CT molecular complexity index is 409. The lowest BCUT2D eigenvalue weighted by molar-refractivity contribution is -0.139. The second-order valence-electron chi connectivity index (χ2n) is 4.19. The molecule has 0 fully saturated rings. The van der Waals surface area contributed by atoms with Crippen LogP contribution >= 0.6 is 0 Å². The van der Waals surface area contributed by atoms with Crippen LogP contribution in [0.1, 0.15) is 31.9 Å². The molecule has 6 heteroatoms. The van der Waals surface area contributed by atoms with Crippen molar-refractivity contribution in [2.45, 2.75) is 39.0 Å². The number of rotatable bonds is 7. The van der Waals surface area contributed by atoms with Crippen molar-refractivity contribution in [3.8, 4) is 5.75 Å². The Kier molecular flexibility index (Phi) is 5.69. The van der Waals surface area contributed by atoms with Crippen LogP contribution < -0.4 is 10.1 Å². The van der Waals surface area contributed by atoms with E-state index in [1.165, 1.54) is 24.3 Å². The predicted molar refractivity (Wildman–Crippen MR) is 66.3 cm³/mol. The van der Waals surface area contributed by atoms with E-state index in [9.17, 15) is 18.7 Å². The minimum atomic E-state index is -2.89. The zero-order chi connectivity index (χ0) is 14.4. The molecule has 1 aromatic rings. The molecule has 0 aromatic heterocycles. The van der Waals surface area contributed by atoms with Crippen molar-refractivity contribution < 1.29 is 23.4 Å². The van der Waals surface area contributed by atoms with E-state index in [0.29, 0.717) is 5.56 Å². The number of nitrogens with one attached hydrogen (secondary N) is 1. The summed E-state index contributed by atoms with van der Waals surface area (Å²) in [4.78, 5) is 11.2. The van der Waals surface area contributed by atoms with Gasteiger partial charge in [0.1, 0.15) is 11.8 Å². The number of carboxylic acids is 1. The third-order valence-electron chi connectivity index (χ3n) is 2.75. The maximum atomic E-state index is 12.0. The van der Waals surface area contributed by atoms with Crippen LogP contribution in [0.5, 0.6) is 5.75 Å². The van der Waals surface area contributed by atoms with Crippen molar-refractivity contribution in [2.75, 3.05) is 0 Å². The van der Waals surface area contributed by atoms with Crippen molar-refractivity contribution in [3.63, 3.8) is 0 Å². The van der Waals surface area contributed by atoms with Gasteiger partial charge in [0.15, 0.2) is 0 Å². The summed E-state index contributed by atoms with van der Waals surface area (Å²) in [5.41, 5.74) is 0.495. The number of halogens is 2. The molecule has 2 unspecified atom stereocenters. The van der Waals surface area contributed by atoms with Gasteiger partial charge in [-0.25, -0.2) is 0 Å². The Hall–Kier alpha value is -1.69. The summed E-state index contributed by atoms with van der Waals surface area (Å²) in [6, 6.07) is 4.76. The summed E-state index contributed by atoms with van der Waals surface area (Å²) in [6.45, 7) is 0.930. The number of carbonyl (C=O) groups is 1. The number of hydrogen-bond donors (Lipinski definition) is 2. The van der Waals surface area contributed by atoms with Gasteiger partial charge >= 0.3 is 12.6 Å². The van der Waals surface area contributed by atoms with Gasteiger partial charge in [-0.05, 0) is 31.0 Å². The van der Waals surface area contributed by atoms with Crippen LogP contribution in [-0.2, 0) is 4.79 Å². The van der Waals surface area contributed by atoms with Crippen LogP contribution in [0.3, 0.4) is 0 Å². The minimum absolute atomic E-state index is 0.00595. The number of ether oxygens (including phenoxy) is 1. The van der Waals surface area contributed by atoms with E-state index < -0.39 is 18.6 Å². The monoisotopic (exact) mass is 273 g/mol. The molecule has 0 amide bonds. The highest BCUT2D eigenvalue weighted by atomic mass is 19.3. The highest BCUT2D eigenvalue weighted by molar-refractivity contribution is 5.75. The van der Waals surface area contributed by atoms with Gasteiger partial charge in [-0.2, -0.15) is 8.78 Å². The zero-order valence-corrected chi connectivity index (χ0v) is 10.8. The fourth-order valence-corrected chi connectivity index (χ4v) is 1.55.